The first-order valence-electron chi connectivity index (χ1n) is 3.65. The van der Waals surface area contributed by atoms with Crippen LogP contribution in [-0.2, 0) is 11.3 Å². The predicted octanol–water partition coefficient (Wildman–Crippen LogP) is 2.52. The number of hydrogen-bond acceptors (Lipinski definition) is 2. The lowest BCUT2D eigenvalue weighted by Gasteiger charge is -2.02. The van der Waals surface area contributed by atoms with Crippen LogP contribution in [0.25, 0.3) is 0 Å². The molecule has 0 fully saturated rings. The second-order valence-corrected chi connectivity index (χ2v) is 2.78. The molecule has 1 rings (SSSR count). The predicted molar refractivity (Wildman–Crippen MR) is 44.9 cm³/mol. The van der Waals surface area contributed by atoms with Crippen LogP contribution >= 0.6 is 11.6 Å². The highest BCUT2D eigenvalue weighted by Crippen LogP contribution is 2.08. The second kappa shape index (κ2) is 5.09. The van der Waals surface area contributed by atoms with Crippen molar-refractivity contribution in [1.82, 2.24) is 4.98 Å². The number of alkyl halides is 2. The molecule has 0 bridgehead atoms. The van der Waals surface area contributed by atoms with Crippen molar-refractivity contribution < 1.29 is 13.5 Å². The van der Waals surface area contributed by atoms with Gasteiger partial charge in [0.1, 0.15) is 11.8 Å². The summed E-state index contributed by atoms with van der Waals surface area (Å²) in [7, 11) is 0. The molecule has 5 heteroatoms. The molecule has 0 unspecified atom stereocenters. The van der Waals surface area contributed by atoms with E-state index in [0.717, 1.165) is 5.56 Å². The first-order valence-corrected chi connectivity index (χ1v) is 4.02. The number of rotatable bonds is 4. The van der Waals surface area contributed by atoms with Gasteiger partial charge in [0, 0.05) is 6.20 Å². The number of pyridine rings is 1. The summed E-state index contributed by atoms with van der Waals surface area (Å²) in [5.41, 5.74) is 0.737. The Bertz CT molecular complexity index is 270. The van der Waals surface area contributed by atoms with E-state index in [9.17, 15) is 8.78 Å². The molecule has 0 aliphatic rings. The standard InChI is InChI=1S/C8H8ClF2NO/c9-7-3-6(1-2-12-7)4-13-5-8(10)11/h1-3,8H,4-5H2. The largest absolute Gasteiger partial charge is 0.371 e. The molecule has 0 saturated heterocycles. The minimum atomic E-state index is -2.43. The minimum Gasteiger partial charge on any atom is -0.371 e. The van der Waals surface area contributed by atoms with Crippen LogP contribution in [-0.4, -0.2) is 18.0 Å². The van der Waals surface area contributed by atoms with E-state index >= 15 is 0 Å². The van der Waals surface area contributed by atoms with Crippen LogP contribution < -0.4 is 0 Å². The van der Waals surface area contributed by atoms with Crippen molar-refractivity contribution in [3.63, 3.8) is 0 Å². The molecule has 0 aliphatic heterocycles. The fourth-order valence-electron chi connectivity index (χ4n) is 0.798. The van der Waals surface area contributed by atoms with Gasteiger partial charge in [0.25, 0.3) is 6.43 Å². The number of ether oxygens (including phenoxy) is 1. The van der Waals surface area contributed by atoms with Gasteiger partial charge in [-0.3, -0.25) is 0 Å². The molecule has 1 aromatic heterocycles. The van der Waals surface area contributed by atoms with Gasteiger partial charge in [0.15, 0.2) is 0 Å². The Hall–Kier alpha value is -0.740. The molecule has 1 heterocycles. The van der Waals surface area contributed by atoms with Gasteiger partial charge >= 0.3 is 0 Å². The molecule has 0 atom stereocenters. The smallest absolute Gasteiger partial charge is 0.261 e. The monoisotopic (exact) mass is 207 g/mol. The normalized spacial score (nSPS) is 10.8. The molecule has 0 N–H and O–H groups in total. The van der Waals surface area contributed by atoms with E-state index in [4.69, 9.17) is 16.3 Å². The summed E-state index contributed by atoms with van der Waals surface area (Å²) in [6.07, 6.45) is -0.930. The van der Waals surface area contributed by atoms with Gasteiger partial charge in [-0.25, -0.2) is 13.8 Å². The van der Waals surface area contributed by atoms with Crippen molar-refractivity contribution in [2.75, 3.05) is 6.61 Å². The third kappa shape index (κ3) is 4.15. The van der Waals surface area contributed by atoms with Crippen LogP contribution in [0.1, 0.15) is 5.56 Å². The molecule has 0 saturated carbocycles. The zero-order valence-corrected chi connectivity index (χ0v) is 7.47. The lowest BCUT2D eigenvalue weighted by molar-refractivity contribution is 0.00986. The molecule has 0 aliphatic carbocycles. The van der Waals surface area contributed by atoms with E-state index < -0.39 is 13.0 Å². The first kappa shape index (κ1) is 10.3. The van der Waals surface area contributed by atoms with Gasteiger partial charge in [-0.2, -0.15) is 0 Å². The second-order valence-electron chi connectivity index (χ2n) is 2.39. The topological polar surface area (TPSA) is 22.1 Å². The Morgan fingerprint density at radius 1 is 1.54 bits per heavy atom. The SMILES string of the molecule is FC(F)COCc1ccnc(Cl)c1. The van der Waals surface area contributed by atoms with Crippen molar-refractivity contribution >= 4 is 11.6 Å². The molecule has 0 amide bonds. The van der Waals surface area contributed by atoms with E-state index in [1.165, 1.54) is 6.20 Å². The van der Waals surface area contributed by atoms with Gasteiger partial charge in [0.2, 0.25) is 0 Å². The molecule has 72 valence electrons. The lowest BCUT2D eigenvalue weighted by atomic mass is 10.3. The zero-order valence-electron chi connectivity index (χ0n) is 6.71. The van der Waals surface area contributed by atoms with Gasteiger partial charge < -0.3 is 4.74 Å². The van der Waals surface area contributed by atoms with Crippen LogP contribution in [0, 0.1) is 0 Å². The van der Waals surface area contributed by atoms with E-state index in [-0.39, 0.29) is 6.61 Å². The number of halogens is 3. The Morgan fingerprint density at radius 3 is 2.92 bits per heavy atom. The van der Waals surface area contributed by atoms with Crippen LogP contribution in [0.3, 0.4) is 0 Å². The van der Waals surface area contributed by atoms with E-state index in [1.54, 1.807) is 12.1 Å². The Kier molecular flexibility index (Phi) is 4.05. The van der Waals surface area contributed by atoms with Crippen molar-refractivity contribution in [2.24, 2.45) is 0 Å². The summed E-state index contributed by atoms with van der Waals surface area (Å²) in [5.74, 6) is 0. The molecule has 2 nitrogen and oxygen atoms in total. The van der Waals surface area contributed by atoms with Crippen LogP contribution in [0.2, 0.25) is 5.15 Å². The molecular formula is C8H8ClF2NO. The zero-order chi connectivity index (χ0) is 9.68. The molecule has 0 radical (unpaired) electrons. The van der Waals surface area contributed by atoms with Crippen LogP contribution in [0.15, 0.2) is 18.3 Å². The first-order chi connectivity index (χ1) is 6.18. The molecule has 0 aromatic carbocycles. The third-order valence-corrected chi connectivity index (χ3v) is 1.51. The fraction of sp³-hybridized carbons (Fsp3) is 0.375. The summed E-state index contributed by atoms with van der Waals surface area (Å²) >= 11 is 5.57. The van der Waals surface area contributed by atoms with E-state index in [1.807, 2.05) is 0 Å². The Morgan fingerprint density at radius 2 is 2.31 bits per heavy atom. The molecule has 13 heavy (non-hydrogen) atoms. The van der Waals surface area contributed by atoms with Gasteiger partial charge in [0.05, 0.1) is 6.61 Å². The highest BCUT2D eigenvalue weighted by molar-refractivity contribution is 6.29. The van der Waals surface area contributed by atoms with Crippen molar-refractivity contribution in [3.8, 4) is 0 Å². The van der Waals surface area contributed by atoms with Gasteiger partial charge in [-0.15, -0.1) is 0 Å². The van der Waals surface area contributed by atoms with Crippen molar-refractivity contribution in [1.29, 1.82) is 0 Å². The summed E-state index contributed by atoms with van der Waals surface area (Å²) in [6.45, 7) is -0.424. The van der Waals surface area contributed by atoms with Crippen LogP contribution in [0.5, 0.6) is 0 Å². The highest BCUT2D eigenvalue weighted by Gasteiger charge is 2.02. The maximum atomic E-state index is 11.7. The fourth-order valence-corrected chi connectivity index (χ4v) is 0.995. The maximum Gasteiger partial charge on any atom is 0.261 e. The summed E-state index contributed by atoms with van der Waals surface area (Å²) in [5, 5.41) is 0.332. The van der Waals surface area contributed by atoms with Crippen LogP contribution in [0.4, 0.5) is 8.78 Å². The third-order valence-electron chi connectivity index (χ3n) is 1.30. The van der Waals surface area contributed by atoms with Crippen molar-refractivity contribution in [3.05, 3.63) is 29.0 Å². The highest BCUT2D eigenvalue weighted by atomic mass is 35.5. The lowest BCUT2D eigenvalue weighted by Crippen LogP contribution is -2.04. The molecular weight excluding hydrogens is 200 g/mol. The van der Waals surface area contributed by atoms with Gasteiger partial charge in [-0.05, 0) is 17.7 Å². The summed E-state index contributed by atoms with van der Waals surface area (Å²) in [4.78, 5) is 3.74. The number of aromatic nitrogens is 1. The Balaban J connectivity index is 2.37. The average molecular weight is 208 g/mol. The maximum absolute atomic E-state index is 11.7. The number of hydrogen-bond donors (Lipinski definition) is 0. The minimum absolute atomic E-state index is 0.132. The average Bonchev–Trinajstić information content (AvgIpc) is 2.03. The van der Waals surface area contributed by atoms with E-state index in [0.29, 0.717) is 5.15 Å². The van der Waals surface area contributed by atoms with E-state index in [2.05, 4.69) is 4.98 Å². The summed E-state index contributed by atoms with van der Waals surface area (Å²) in [6, 6.07) is 3.24. The quantitative estimate of drug-likeness (QED) is 0.708. The van der Waals surface area contributed by atoms with Gasteiger partial charge in [-0.1, -0.05) is 11.6 Å². The summed E-state index contributed by atoms with van der Waals surface area (Å²) < 4.78 is 28.0. The molecule has 0 spiro atoms. The molecule has 1 aromatic rings. The number of nitrogens with zero attached hydrogens (tertiary/aromatic N) is 1. The Labute approximate surface area is 79.5 Å². The van der Waals surface area contributed by atoms with Crippen molar-refractivity contribution in [2.45, 2.75) is 13.0 Å².